The van der Waals surface area contributed by atoms with Crippen molar-refractivity contribution < 1.29 is 13.2 Å². The Hall–Kier alpha value is -1.36. The zero-order chi connectivity index (χ0) is 15.7. The van der Waals surface area contributed by atoms with Crippen molar-refractivity contribution in [3.63, 3.8) is 0 Å². The first-order chi connectivity index (χ1) is 9.74. The molecule has 21 heavy (non-hydrogen) atoms. The molecule has 1 fully saturated rings. The van der Waals surface area contributed by atoms with Crippen LogP contribution in [0.15, 0.2) is 24.3 Å². The third kappa shape index (κ3) is 3.46. The van der Waals surface area contributed by atoms with Crippen molar-refractivity contribution in [3.05, 3.63) is 35.4 Å². The van der Waals surface area contributed by atoms with Crippen LogP contribution in [-0.2, 0) is 20.2 Å². The molecule has 0 unspecified atom stereocenters. The largest absolute Gasteiger partial charge is 0.273 e. The predicted molar refractivity (Wildman–Crippen MR) is 83.7 cm³/mol. The summed E-state index contributed by atoms with van der Waals surface area (Å²) in [5.74, 6) is 0.0446. The van der Waals surface area contributed by atoms with E-state index in [1.165, 1.54) is 5.56 Å². The fourth-order valence-electron chi connectivity index (χ4n) is 3.08. The molecule has 1 saturated carbocycles. The van der Waals surface area contributed by atoms with Crippen LogP contribution in [0.3, 0.4) is 0 Å². The second-order valence-corrected chi connectivity index (χ2v) is 8.02. The Morgan fingerprint density at radius 2 is 1.67 bits per heavy atom. The van der Waals surface area contributed by atoms with Crippen LogP contribution in [0.1, 0.15) is 56.6 Å². The van der Waals surface area contributed by atoms with Gasteiger partial charge < -0.3 is 0 Å². The van der Waals surface area contributed by atoms with Crippen LogP contribution in [0.2, 0.25) is 0 Å². The average Bonchev–Trinajstić information content (AvgIpc) is 2.87. The van der Waals surface area contributed by atoms with E-state index < -0.39 is 15.4 Å². The molecule has 4 nitrogen and oxygen atoms in total. The molecule has 0 bridgehead atoms. The van der Waals surface area contributed by atoms with Gasteiger partial charge in [-0.2, -0.15) is 0 Å². The highest BCUT2D eigenvalue weighted by atomic mass is 32.2. The van der Waals surface area contributed by atoms with Gasteiger partial charge in [-0.15, -0.1) is 0 Å². The van der Waals surface area contributed by atoms with Crippen molar-refractivity contribution in [1.29, 1.82) is 0 Å². The molecule has 0 saturated heterocycles. The smallest absolute Gasteiger partial charge is 0.244 e. The molecule has 5 heteroatoms. The third-order valence-corrected chi connectivity index (χ3v) is 4.86. The first-order valence-corrected chi connectivity index (χ1v) is 9.26. The third-order valence-electron chi connectivity index (χ3n) is 4.30. The van der Waals surface area contributed by atoms with Gasteiger partial charge in [-0.3, -0.25) is 9.52 Å². The minimum Gasteiger partial charge on any atom is -0.273 e. The van der Waals surface area contributed by atoms with Gasteiger partial charge in [-0.25, -0.2) is 8.42 Å². The lowest BCUT2D eigenvalue weighted by molar-refractivity contribution is -0.124. The molecule has 1 N–H and O–H groups in total. The first-order valence-electron chi connectivity index (χ1n) is 7.37. The molecule has 2 rings (SSSR count). The number of amides is 1. The van der Waals surface area contributed by atoms with E-state index in [1.54, 1.807) is 0 Å². The molecule has 1 aromatic rings. The molecular weight excluding hydrogens is 286 g/mol. The number of sulfonamides is 1. The molecule has 116 valence electrons. The molecule has 0 aliphatic heterocycles. The minimum absolute atomic E-state index is 0.389. The van der Waals surface area contributed by atoms with Crippen LogP contribution in [0.5, 0.6) is 0 Å². The number of hydrogen-bond donors (Lipinski definition) is 1. The number of hydrogen-bond acceptors (Lipinski definition) is 3. The van der Waals surface area contributed by atoms with Crippen molar-refractivity contribution in [2.45, 2.75) is 50.9 Å². The summed E-state index contributed by atoms with van der Waals surface area (Å²) in [6, 6.07) is 8.02. The van der Waals surface area contributed by atoms with Gasteiger partial charge in [0.25, 0.3) is 0 Å². The summed E-state index contributed by atoms with van der Waals surface area (Å²) in [7, 11) is -3.53. The molecule has 0 spiro atoms. The lowest BCUT2D eigenvalue weighted by atomic mass is 9.77. The second-order valence-electron chi connectivity index (χ2n) is 6.27. The molecule has 0 atom stereocenters. The second kappa shape index (κ2) is 5.79. The summed E-state index contributed by atoms with van der Waals surface area (Å²) in [6.45, 7) is 4.24. The highest BCUT2D eigenvalue weighted by Crippen LogP contribution is 2.41. The molecule has 0 aromatic heterocycles. The molecule has 1 amide bonds. The van der Waals surface area contributed by atoms with Crippen LogP contribution in [0.4, 0.5) is 0 Å². The average molecular weight is 309 g/mol. The zero-order valence-electron chi connectivity index (χ0n) is 12.8. The fraction of sp³-hybridized carbons (Fsp3) is 0.562. The van der Waals surface area contributed by atoms with Crippen LogP contribution in [0.25, 0.3) is 0 Å². The quantitative estimate of drug-likeness (QED) is 0.930. The highest BCUT2D eigenvalue weighted by molar-refractivity contribution is 7.89. The molecule has 1 aromatic carbocycles. The van der Waals surface area contributed by atoms with Gasteiger partial charge in [-0.05, 0) is 29.9 Å². The van der Waals surface area contributed by atoms with E-state index in [1.807, 2.05) is 24.3 Å². The monoisotopic (exact) mass is 309 g/mol. The van der Waals surface area contributed by atoms with Gasteiger partial charge in [-0.1, -0.05) is 51.0 Å². The molecule has 0 radical (unpaired) electrons. The van der Waals surface area contributed by atoms with E-state index in [0.717, 1.165) is 24.7 Å². The maximum Gasteiger partial charge on any atom is 0.244 e. The van der Waals surface area contributed by atoms with E-state index in [2.05, 4.69) is 18.6 Å². The summed E-state index contributed by atoms with van der Waals surface area (Å²) >= 11 is 0. The van der Waals surface area contributed by atoms with E-state index in [9.17, 15) is 13.2 Å². The van der Waals surface area contributed by atoms with Crippen molar-refractivity contribution in [1.82, 2.24) is 4.72 Å². The van der Waals surface area contributed by atoms with Gasteiger partial charge in [0.15, 0.2) is 0 Å². The Kier molecular flexibility index (Phi) is 4.42. The van der Waals surface area contributed by atoms with Crippen LogP contribution < -0.4 is 4.72 Å². The highest BCUT2D eigenvalue weighted by Gasteiger charge is 2.43. The summed E-state index contributed by atoms with van der Waals surface area (Å²) in [4.78, 5) is 12.5. The number of rotatable bonds is 4. The molecule has 1 aliphatic carbocycles. The van der Waals surface area contributed by atoms with Crippen molar-refractivity contribution >= 4 is 15.9 Å². The van der Waals surface area contributed by atoms with E-state index >= 15 is 0 Å². The maximum atomic E-state index is 12.5. The minimum atomic E-state index is -3.53. The summed E-state index contributed by atoms with van der Waals surface area (Å²) in [6.07, 6.45) is 4.33. The van der Waals surface area contributed by atoms with Crippen LogP contribution >= 0.6 is 0 Å². The van der Waals surface area contributed by atoms with Gasteiger partial charge in [0.05, 0.1) is 11.7 Å². The van der Waals surface area contributed by atoms with E-state index in [4.69, 9.17) is 0 Å². The number of benzene rings is 1. The van der Waals surface area contributed by atoms with E-state index in [0.29, 0.717) is 18.8 Å². The number of carbonyl (C=O) groups is 1. The fourth-order valence-corrected chi connectivity index (χ4v) is 3.61. The van der Waals surface area contributed by atoms with Crippen LogP contribution in [-0.4, -0.2) is 20.6 Å². The SMILES string of the molecule is CC(C)c1ccc(C2(C(=O)NS(C)(=O)=O)CCCC2)cc1. The molecular formula is C16H23NO3S. The standard InChI is InChI=1S/C16H23NO3S/c1-12(2)13-6-8-14(9-7-13)16(10-4-5-11-16)15(18)17-21(3,19)20/h6-9,12H,4-5,10-11H2,1-3H3,(H,17,18). The van der Waals surface area contributed by atoms with Gasteiger partial charge >= 0.3 is 0 Å². The van der Waals surface area contributed by atoms with Gasteiger partial charge in [0.1, 0.15) is 0 Å². The lowest BCUT2D eigenvalue weighted by Crippen LogP contribution is -2.44. The summed E-state index contributed by atoms with van der Waals surface area (Å²) in [5, 5.41) is 0. The van der Waals surface area contributed by atoms with E-state index in [-0.39, 0.29) is 5.91 Å². The molecule has 1 aliphatic rings. The van der Waals surface area contributed by atoms with Crippen molar-refractivity contribution in [2.75, 3.05) is 6.26 Å². The van der Waals surface area contributed by atoms with Gasteiger partial charge in [0.2, 0.25) is 15.9 Å². The Labute approximate surface area is 127 Å². The number of carbonyl (C=O) groups excluding carboxylic acids is 1. The predicted octanol–water partition coefficient (Wildman–Crippen LogP) is 2.70. The Morgan fingerprint density at radius 3 is 2.10 bits per heavy atom. The Bertz CT molecular complexity index is 611. The number of nitrogens with one attached hydrogen (secondary N) is 1. The summed E-state index contributed by atoms with van der Waals surface area (Å²) < 4.78 is 24.9. The van der Waals surface area contributed by atoms with Gasteiger partial charge in [0, 0.05) is 0 Å². The topological polar surface area (TPSA) is 63.2 Å². The normalized spacial score (nSPS) is 17.9. The Morgan fingerprint density at radius 1 is 1.14 bits per heavy atom. The molecule has 0 heterocycles. The van der Waals surface area contributed by atoms with Crippen molar-refractivity contribution in [3.8, 4) is 0 Å². The lowest BCUT2D eigenvalue weighted by Gasteiger charge is -2.28. The maximum absolute atomic E-state index is 12.5. The Balaban J connectivity index is 2.36. The first kappa shape index (κ1) is 16.0. The van der Waals surface area contributed by atoms with Crippen LogP contribution in [0, 0.1) is 0 Å². The van der Waals surface area contributed by atoms with Crippen molar-refractivity contribution in [2.24, 2.45) is 0 Å². The zero-order valence-corrected chi connectivity index (χ0v) is 13.7. The summed E-state index contributed by atoms with van der Waals surface area (Å²) in [5.41, 5.74) is 1.44.